The van der Waals surface area contributed by atoms with Crippen LogP contribution in [0.3, 0.4) is 0 Å². The van der Waals surface area contributed by atoms with E-state index in [0.717, 1.165) is 11.8 Å². The van der Waals surface area contributed by atoms with E-state index in [-0.39, 0.29) is 0 Å². The van der Waals surface area contributed by atoms with Crippen LogP contribution >= 0.6 is 0 Å². The molecule has 0 spiro atoms. The molecule has 0 saturated carbocycles. The van der Waals surface area contributed by atoms with E-state index < -0.39 is 0 Å². The molecule has 1 aromatic rings. The molecule has 15 heavy (non-hydrogen) atoms. The van der Waals surface area contributed by atoms with E-state index in [0.29, 0.717) is 5.92 Å². The van der Waals surface area contributed by atoms with Crippen LogP contribution in [0.25, 0.3) is 0 Å². The zero-order valence-corrected chi connectivity index (χ0v) is 10.4. The standard InChI is InChI=1S/C14H23N/c1-5-11(3)12(4)13(6-2)14-9-7-8-10-15-14/h7-13H,5-6H2,1-4H3. The van der Waals surface area contributed by atoms with Crippen LogP contribution in [0.5, 0.6) is 0 Å². The average Bonchev–Trinajstić information content (AvgIpc) is 2.30. The van der Waals surface area contributed by atoms with Crippen molar-refractivity contribution >= 4 is 0 Å². The molecule has 0 aromatic carbocycles. The molecule has 3 unspecified atom stereocenters. The highest BCUT2D eigenvalue weighted by Crippen LogP contribution is 2.32. The Kier molecular flexibility index (Phi) is 4.80. The summed E-state index contributed by atoms with van der Waals surface area (Å²) in [4.78, 5) is 4.49. The molecule has 84 valence electrons. The van der Waals surface area contributed by atoms with Crippen molar-refractivity contribution in [2.24, 2.45) is 11.8 Å². The van der Waals surface area contributed by atoms with Gasteiger partial charge in [0.1, 0.15) is 0 Å². The summed E-state index contributed by atoms with van der Waals surface area (Å²) < 4.78 is 0. The third-order valence-electron chi connectivity index (χ3n) is 3.68. The van der Waals surface area contributed by atoms with E-state index in [4.69, 9.17) is 0 Å². The number of rotatable bonds is 5. The Morgan fingerprint density at radius 2 is 1.87 bits per heavy atom. The van der Waals surface area contributed by atoms with E-state index in [1.165, 1.54) is 18.5 Å². The Hall–Kier alpha value is -0.850. The molecule has 1 aromatic heterocycles. The van der Waals surface area contributed by atoms with Gasteiger partial charge in [0, 0.05) is 17.8 Å². The molecule has 0 amide bonds. The fraction of sp³-hybridized carbons (Fsp3) is 0.643. The van der Waals surface area contributed by atoms with Crippen LogP contribution in [0.15, 0.2) is 24.4 Å². The van der Waals surface area contributed by atoms with Crippen molar-refractivity contribution in [1.29, 1.82) is 0 Å². The van der Waals surface area contributed by atoms with Gasteiger partial charge in [-0.15, -0.1) is 0 Å². The molecule has 1 rings (SSSR count). The number of hydrogen-bond acceptors (Lipinski definition) is 1. The van der Waals surface area contributed by atoms with Crippen LogP contribution in [0.1, 0.15) is 52.1 Å². The highest BCUT2D eigenvalue weighted by molar-refractivity contribution is 5.10. The van der Waals surface area contributed by atoms with Crippen molar-refractivity contribution in [3.05, 3.63) is 30.1 Å². The van der Waals surface area contributed by atoms with Gasteiger partial charge in [0.05, 0.1) is 0 Å². The quantitative estimate of drug-likeness (QED) is 0.700. The first-order valence-electron chi connectivity index (χ1n) is 6.11. The van der Waals surface area contributed by atoms with E-state index in [1.807, 2.05) is 12.3 Å². The first-order chi connectivity index (χ1) is 7.20. The third kappa shape index (κ3) is 3.05. The van der Waals surface area contributed by atoms with Gasteiger partial charge in [-0.3, -0.25) is 4.98 Å². The Balaban J connectivity index is 2.80. The zero-order chi connectivity index (χ0) is 11.3. The lowest BCUT2D eigenvalue weighted by Gasteiger charge is -2.27. The van der Waals surface area contributed by atoms with Gasteiger partial charge in [-0.25, -0.2) is 0 Å². The summed E-state index contributed by atoms with van der Waals surface area (Å²) in [5.41, 5.74) is 1.26. The Morgan fingerprint density at radius 1 is 1.13 bits per heavy atom. The van der Waals surface area contributed by atoms with Gasteiger partial charge in [-0.05, 0) is 30.4 Å². The molecular formula is C14H23N. The molecule has 1 nitrogen and oxygen atoms in total. The fourth-order valence-corrected chi connectivity index (χ4v) is 2.21. The SMILES string of the molecule is CCC(C)C(C)C(CC)c1ccccn1. The summed E-state index contributed by atoms with van der Waals surface area (Å²) in [6, 6.07) is 6.24. The molecule has 3 atom stereocenters. The molecule has 0 N–H and O–H groups in total. The lowest BCUT2D eigenvalue weighted by Crippen LogP contribution is -2.17. The van der Waals surface area contributed by atoms with E-state index >= 15 is 0 Å². The number of aromatic nitrogens is 1. The first kappa shape index (κ1) is 12.2. The molecule has 0 aliphatic heterocycles. The summed E-state index contributed by atoms with van der Waals surface area (Å²) in [7, 11) is 0. The summed E-state index contributed by atoms with van der Waals surface area (Å²) in [6.07, 6.45) is 4.34. The van der Waals surface area contributed by atoms with Crippen LogP contribution < -0.4 is 0 Å². The Bertz CT molecular complexity index is 268. The van der Waals surface area contributed by atoms with Crippen molar-refractivity contribution in [2.45, 2.75) is 46.5 Å². The van der Waals surface area contributed by atoms with E-state index in [2.05, 4.69) is 44.8 Å². The van der Waals surface area contributed by atoms with Gasteiger partial charge in [-0.2, -0.15) is 0 Å². The second-order valence-electron chi connectivity index (χ2n) is 4.51. The lowest BCUT2D eigenvalue weighted by atomic mass is 9.79. The largest absolute Gasteiger partial charge is 0.261 e. The zero-order valence-electron chi connectivity index (χ0n) is 10.4. The molecule has 1 heterocycles. The van der Waals surface area contributed by atoms with E-state index in [9.17, 15) is 0 Å². The van der Waals surface area contributed by atoms with Gasteiger partial charge < -0.3 is 0 Å². The van der Waals surface area contributed by atoms with Crippen LogP contribution in [-0.2, 0) is 0 Å². The molecule has 1 heteroatoms. The minimum absolute atomic E-state index is 0.612. The predicted octanol–water partition coefficient (Wildman–Crippen LogP) is 4.26. The minimum atomic E-state index is 0.612. The topological polar surface area (TPSA) is 12.9 Å². The second-order valence-corrected chi connectivity index (χ2v) is 4.51. The van der Waals surface area contributed by atoms with Crippen LogP contribution in [0.2, 0.25) is 0 Å². The number of nitrogens with zero attached hydrogens (tertiary/aromatic N) is 1. The van der Waals surface area contributed by atoms with E-state index in [1.54, 1.807) is 0 Å². The van der Waals surface area contributed by atoms with Crippen molar-refractivity contribution in [3.8, 4) is 0 Å². The highest BCUT2D eigenvalue weighted by atomic mass is 14.7. The maximum Gasteiger partial charge on any atom is 0.0437 e. The molecule has 0 bridgehead atoms. The molecule has 0 radical (unpaired) electrons. The molecular weight excluding hydrogens is 182 g/mol. The fourth-order valence-electron chi connectivity index (χ4n) is 2.21. The van der Waals surface area contributed by atoms with Gasteiger partial charge in [0.15, 0.2) is 0 Å². The van der Waals surface area contributed by atoms with Crippen LogP contribution in [-0.4, -0.2) is 4.98 Å². The van der Waals surface area contributed by atoms with Crippen molar-refractivity contribution < 1.29 is 0 Å². The predicted molar refractivity (Wildman–Crippen MR) is 65.9 cm³/mol. The molecule has 0 aliphatic rings. The Morgan fingerprint density at radius 3 is 2.33 bits per heavy atom. The third-order valence-corrected chi connectivity index (χ3v) is 3.68. The first-order valence-corrected chi connectivity index (χ1v) is 6.11. The number of pyridine rings is 1. The Labute approximate surface area is 93.9 Å². The molecule has 0 saturated heterocycles. The summed E-state index contributed by atoms with van der Waals surface area (Å²) in [6.45, 7) is 9.23. The second kappa shape index (κ2) is 5.89. The number of hydrogen-bond donors (Lipinski definition) is 0. The maximum atomic E-state index is 4.49. The average molecular weight is 205 g/mol. The van der Waals surface area contributed by atoms with Crippen molar-refractivity contribution in [3.63, 3.8) is 0 Å². The summed E-state index contributed by atoms with van der Waals surface area (Å²) in [5, 5.41) is 0. The van der Waals surface area contributed by atoms with Crippen molar-refractivity contribution in [2.75, 3.05) is 0 Å². The smallest absolute Gasteiger partial charge is 0.0437 e. The maximum absolute atomic E-state index is 4.49. The highest BCUT2D eigenvalue weighted by Gasteiger charge is 2.22. The van der Waals surface area contributed by atoms with Gasteiger partial charge >= 0.3 is 0 Å². The minimum Gasteiger partial charge on any atom is -0.261 e. The van der Waals surface area contributed by atoms with Gasteiger partial charge in [-0.1, -0.05) is 40.2 Å². The molecule has 0 aliphatic carbocycles. The molecule has 0 fully saturated rings. The van der Waals surface area contributed by atoms with Crippen LogP contribution in [0, 0.1) is 11.8 Å². The summed E-state index contributed by atoms with van der Waals surface area (Å²) in [5.74, 6) is 2.10. The normalized spacial score (nSPS) is 17.1. The summed E-state index contributed by atoms with van der Waals surface area (Å²) >= 11 is 0. The lowest BCUT2D eigenvalue weighted by molar-refractivity contribution is 0.307. The van der Waals surface area contributed by atoms with Crippen LogP contribution in [0.4, 0.5) is 0 Å². The van der Waals surface area contributed by atoms with Crippen molar-refractivity contribution in [1.82, 2.24) is 4.98 Å². The monoisotopic (exact) mass is 205 g/mol. The van der Waals surface area contributed by atoms with Gasteiger partial charge in [0.2, 0.25) is 0 Å². The van der Waals surface area contributed by atoms with Gasteiger partial charge in [0.25, 0.3) is 0 Å².